The number of hydrogen-bond donors (Lipinski definition) is 1. The molecular formula is C14H15ClN4O. The van der Waals surface area contributed by atoms with E-state index in [1.165, 1.54) is 6.20 Å². The predicted molar refractivity (Wildman–Crippen MR) is 76.5 cm³/mol. The Balaban J connectivity index is 2.11. The summed E-state index contributed by atoms with van der Waals surface area (Å²) in [6.45, 7) is 4.32. The topological polar surface area (TPSA) is 67.8 Å². The number of nitrogens with zero attached hydrogens (tertiary/aromatic N) is 3. The van der Waals surface area contributed by atoms with Crippen molar-refractivity contribution in [2.75, 3.05) is 0 Å². The lowest BCUT2D eigenvalue weighted by Crippen LogP contribution is -2.25. The summed E-state index contributed by atoms with van der Waals surface area (Å²) in [7, 11) is 0. The van der Waals surface area contributed by atoms with Gasteiger partial charge in [-0.2, -0.15) is 0 Å². The minimum absolute atomic E-state index is 0.138. The summed E-state index contributed by atoms with van der Waals surface area (Å²) in [4.78, 5) is 24.4. The van der Waals surface area contributed by atoms with Gasteiger partial charge in [0.1, 0.15) is 11.5 Å². The quantitative estimate of drug-likeness (QED) is 0.940. The van der Waals surface area contributed by atoms with Gasteiger partial charge in [0, 0.05) is 24.9 Å². The zero-order valence-corrected chi connectivity index (χ0v) is 12.1. The van der Waals surface area contributed by atoms with E-state index in [1.807, 2.05) is 26.0 Å². The number of pyridine rings is 1. The van der Waals surface area contributed by atoms with Crippen LogP contribution in [0.25, 0.3) is 0 Å². The fraction of sp³-hybridized carbons (Fsp3) is 0.286. The van der Waals surface area contributed by atoms with Gasteiger partial charge in [-0.3, -0.25) is 9.78 Å². The van der Waals surface area contributed by atoms with Crippen molar-refractivity contribution >= 4 is 17.5 Å². The van der Waals surface area contributed by atoms with E-state index in [0.29, 0.717) is 12.4 Å². The Labute approximate surface area is 122 Å². The fourth-order valence-corrected chi connectivity index (χ4v) is 1.76. The van der Waals surface area contributed by atoms with Crippen molar-refractivity contribution in [3.8, 4) is 0 Å². The van der Waals surface area contributed by atoms with Gasteiger partial charge in [-0.1, -0.05) is 25.4 Å². The Bertz CT molecular complexity index is 601. The lowest BCUT2D eigenvalue weighted by atomic mass is 10.2. The van der Waals surface area contributed by atoms with Crippen LogP contribution in [0.5, 0.6) is 0 Å². The predicted octanol–water partition coefficient (Wildman–Crippen LogP) is 2.58. The van der Waals surface area contributed by atoms with E-state index in [0.717, 1.165) is 5.56 Å². The van der Waals surface area contributed by atoms with Crippen molar-refractivity contribution in [1.29, 1.82) is 0 Å². The molecule has 5 nitrogen and oxygen atoms in total. The number of nitrogens with one attached hydrogen (secondary N) is 1. The van der Waals surface area contributed by atoms with Crippen molar-refractivity contribution < 1.29 is 4.79 Å². The minimum atomic E-state index is -0.309. The van der Waals surface area contributed by atoms with Gasteiger partial charge in [-0.15, -0.1) is 0 Å². The van der Waals surface area contributed by atoms with Crippen molar-refractivity contribution in [3.63, 3.8) is 0 Å². The molecule has 0 atom stereocenters. The SMILES string of the molecule is CC(C)c1ncc(Cl)c(C(=O)NCc2ccncc2)n1. The zero-order chi connectivity index (χ0) is 14.5. The van der Waals surface area contributed by atoms with Gasteiger partial charge in [0.15, 0.2) is 0 Å². The van der Waals surface area contributed by atoms with E-state index in [2.05, 4.69) is 20.3 Å². The van der Waals surface area contributed by atoms with Crippen LogP contribution in [0.3, 0.4) is 0 Å². The molecule has 0 bridgehead atoms. The van der Waals surface area contributed by atoms with Crippen molar-refractivity contribution in [1.82, 2.24) is 20.3 Å². The third kappa shape index (κ3) is 3.51. The number of carbonyl (C=O) groups excluding carboxylic acids is 1. The van der Waals surface area contributed by atoms with Crippen molar-refractivity contribution in [3.05, 3.63) is 52.8 Å². The third-order valence-corrected chi connectivity index (χ3v) is 2.97. The molecule has 2 aromatic rings. The molecule has 6 heteroatoms. The molecule has 0 saturated carbocycles. The molecule has 0 fully saturated rings. The molecule has 2 heterocycles. The van der Waals surface area contributed by atoms with Crippen LogP contribution in [-0.2, 0) is 6.54 Å². The lowest BCUT2D eigenvalue weighted by Gasteiger charge is -2.09. The molecule has 0 aliphatic carbocycles. The van der Waals surface area contributed by atoms with Gasteiger partial charge in [0.2, 0.25) is 0 Å². The maximum absolute atomic E-state index is 12.1. The van der Waals surface area contributed by atoms with Gasteiger partial charge in [0.05, 0.1) is 11.2 Å². The maximum atomic E-state index is 12.1. The summed E-state index contributed by atoms with van der Waals surface area (Å²) < 4.78 is 0. The molecule has 2 rings (SSSR count). The number of aromatic nitrogens is 3. The summed E-state index contributed by atoms with van der Waals surface area (Å²) in [6.07, 6.45) is 4.82. The molecule has 0 spiro atoms. The van der Waals surface area contributed by atoms with E-state index in [9.17, 15) is 4.79 Å². The van der Waals surface area contributed by atoms with Gasteiger partial charge in [-0.05, 0) is 17.7 Å². The van der Waals surface area contributed by atoms with Crippen LogP contribution >= 0.6 is 11.6 Å². The number of carbonyl (C=O) groups is 1. The summed E-state index contributed by atoms with van der Waals surface area (Å²) in [5.74, 6) is 0.429. The number of rotatable bonds is 4. The Morgan fingerprint density at radius 1 is 1.35 bits per heavy atom. The highest BCUT2D eigenvalue weighted by Gasteiger charge is 2.15. The maximum Gasteiger partial charge on any atom is 0.271 e. The number of hydrogen-bond acceptors (Lipinski definition) is 4. The first kappa shape index (κ1) is 14.4. The van der Waals surface area contributed by atoms with Crippen molar-refractivity contribution in [2.24, 2.45) is 0 Å². The normalized spacial score (nSPS) is 10.6. The van der Waals surface area contributed by atoms with Crippen LogP contribution < -0.4 is 5.32 Å². The summed E-state index contributed by atoms with van der Waals surface area (Å²) >= 11 is 5.98. The summed E-state index contributed by atoms with van der Waals surface area (Å²) in [5, 5.41) is 3.03. The van der Waals surface area contributed by atoms with Gasteiger partial charge in [0.25, 0.3) is 5.91 Å². The Hall–Kier alpha value is -2.01. The highest BCUT2D eigenvalue weighted by atomic mass is 35.5. The zero-order valence-electron chi connectivity index (χ0n) is 11.3. The molecule has 0 unspecified atom stereocenters. The first-order chi connectivity index (χ1) is 9.58. The molecular weight excluding hydrogens is 276 g/mol. The number of amides is 1. The van der Waals surface area contributed by atoms with Gasteiger partial charge >= 0.3 is 0 Å². The van der Waals surface area contributed by atoms with E-state index >= 15 is 0 Å². The monoisotopic (exact) mass is 290 g/mol. The van der Waals surface area contributed by atoms with Crippen LogP contribution in [0.4, 0.5) is 0 Å². The molecule has 0 aliphatic rings. The van der Waals surface area contributed by atoms with E-state index in [4.69, 9.17) is 11.6 Å². The molecule has 2 aromatic heterocycles. The average Bonchev–Trinajstić information content (AvgIpc) is 2.46. The van der Waals surface area contributed by atoms with Crippen LogP contribution in [-0.4, -0.2) is 20.9 Å². The van der Waals surface area contributed by atoms with E-state index in [-0.39, 0.29) is 22.5 Å². The standard InChI is InChI=1S/C14H15ClN4O/c1-9(2)13-17-8-11(15)12(19-13)14(20)18-7-10-3-5-16-6-4-10/h3-6,8-9H,7H2,1-2H3,(H,18,20). The molecule has 0 saturated heterocycles. The van der Waals surface area contributed by atoms with Crippen molar-refractivity contribution in [2.45, 2.75) is 26.3 Å². The average molecular weight is 291 g/mol. The summed E-state index contributed by atoms with van der Waals surface area (Å²) in [5.41, 5.74) is 1.17. The van der Waals surface area contributed by atoms with Crippen LogP contribution in [0, 0.1) is 0 Å². The molecule has 0 aliphatic heterocycles. The molecule has 0 aromatic carbocycles. The largest absolute Gasteiger partial charge is 0.347 e. The number of halogens is 1. The smallest absolute Gasteiger partial charge is 0.271 e. The van der Waals surface area contributed by atoms with Crippen LogP contribution in [0.1, 0.15) is 41.6 Å². The third-order valence-electron chi connectivity index (χ3n) is 2.70. The highest BCUT2D eigenvalue weighted by molar-refractivity contribution is 6.33. The lowest BCUT2D eigenvalue weighted by molar-refractivity contribution is 0.0945. The first-order valence-corrected chi connectivity index (χ1v) is 6.65. The minimum Gasteiger partial charge on any atom is -0.347 e. The summed E-state index contributed by atoms with van der Waals surface area (Å²) in [6, 6.07) is 3.67. The second kappa shape index (κ2) is 6.43. The van der Waals surface area contributed by atoms with Gasteiger partial charge in [-0.25, -0.2) is 9.97 Å². The van der Waals surface area contributed by atoms with Crippen LogP contribution in [0.2, 0.25) is 5.02 Å². The molecule has 1 amide bonds. The Morgan fingerprint density at radius 2 is 2.05 bits per heavy atom. The molecule has 104 valence electrons. The first-order valence-electron chi connectivity index (χ1n) is 6.27. The van der Waals surface area contributed by atoms with Gasteiger partial charge < -0.3 is 5.32 Å². The van der Waals surface area contributed by atoms with E-state index in [1.54, 1.807) is 12.4 Å². The Morgan fingerprint density at radius 3 is 2.70 bits per heavy atom. The highest BCUT2D eigenvalue weighted by Crippen LogP contribution is 2.16. The Kier molecular flexibility index (Phi) is 4.63. The fourth-order valence-electron chi connectivity index (χ4n) is 1.58. The second-order valence-corrected chi connectivity index (χ2v) is 5.02. The van der Waals surface area contributed by atoms with E-state index < -0.39 is 0 Å². The molecule has 20 heavy (non-hydrogen) atoms. The second-order valence-electron chi connectivity index (χ2n) is 4.62. The van der Waals surface area contributed by atoms with Crippen LogP contribution in [0.15, 0.2) is 30.7 Å². The molecule has 0 radical (unpaired) electrons. The molecule has 1 N–H and O–H groups in total.